The average Bonchev–Trinajstić information content (AvgIpc) is 2.51. The summed E-state index contributed by atoms with van der Waals surface area (Å²) in [5, 5.41) is 0. The van der Waals surface area contributed by atoms with E-state index in [1.54, 1.807) is 0 Å². The largest absolute Gasteiger partial charge is 0.378 e. The lowest BCUT2D eigenvalue weighted by atomic mass is 9.87. The maximum absolute atomic E-state index is 5.99. The first kappa shape index (κ1) is 18.7. The zero-order chi connectivity index (χ0) is 15.3. The van der Waals surface area contributed by atoms with Crippen molar-refractivity contribution in [3.63, 3.8) is 0 Å². The monoisotopic (exact) mass is 296 g/mol. The number of unbranched alkanes of at least 4 members (excludes halogenated alkanes) is 4. The fraction of sp³-hybridized carbons (Fsp3) is 0.889. The number of nitrogens with zero attached hydrogens (tertiary/aromatic N) is 1. The van der Waals surface area contributed by atoms with E-state index in [4.69, 9.17) is 10.5 Å². The highest BCUT2D eigenvalue weighted by molar-refractivity contribution is 4.73. The number of ether oxygens (including phenoxy) is 1. The van der Waals surface area contributed by atoms with Crippen molar-refractivity contribution in [2.24, 2.45) is 11.7 Å². The molecular weight excluding hydrogens is 260 g/mol. The maximum atomic E-state index is 5.99. The van der Waals surface area contributed by atoms with Crippen molar-refractivity contribution < 1.29 is 4.74 Å². The zero-order valence-electron chi connectivity index (χ0n) is 14.1. The van der Waals surface area contributed by atoms with Crippen LogP contribution in [0.5, 0.6) is 0 Å². The smallest absolute Gasteiger partial charge is 0.0575 e. The molecule has 0 aromatic heterocycles. The minimum absolute atomic E-state index is 0.514. The number of rotatable bonds is 12. The van der Waals surface area contributed by atoms with Gasteiger partial charge in [-0.3, -0.25) is 0 Å². The first-order chi connectivity index (χ1) is 10.3. The lowest BCUT2D eigenvalue weighted by molar-refractivity contribution is 0.0170. The van der Waals surface area contributed by atoms with Gasteiger partial charge in [0.05, 0.1) is 6.10 Å². The normalized spacial score (nSPS) is 22.6. The first-order valence-electron chi connectivity index (χ1n) is 8.87. The Kier molecular flexibility index (Phi) is 10.8. The van der Waals surface area contributed by atoms with E-state index in [9.17, 15) is 0 Å². The molecule has 1 aliphatic carbocycles. The van der Waals surface area contributed by atoms with Gasteiger partial charge < -0.3 is 15.4 Å². The van der Waals surface area contributed by atoms with Crippen LogP contribution in [0.1, 0.15) is 57.8 Å². The average molecular weight is 296 g/mol. The highest BCUT2D eigenvalue weighted by Gasteiger charge is 2.20. The predicted octanol–water partition coefficient (Wildman–Crippen LogP) is 3.59. The van der Waals surface area contributed by atoms with Crippen molar-refractivity contribution in [1.82, 2.24) is 4.90 Å². The molecule has 2 N–H and O–H groups in total. The molecule has 1 saturated carbocycles. The maximum Gasteiger partial charge on any atom is 0.0575 e. The lowest BCUT2D eigenvalue weighted by Crippen LogP contribution is -2.26. The summed E-state index contributed by atoms with van der Waals surface area (Å²) < 4.78 is 5.99. The molecule has 124 valence electrons. The van der Waals surface area contributed by atoms with Gasteiger partial charge in [0.25, 0.3) is 0 Å². The molecule has 1 aliphatic rings. The van der Waals surface area contributed by atoms with Gasteiger partial charge in [-0.15, -0.1) is 6.58 Å². The van der Waals surface area contributed by atoms with E-state index in [0.29, 0.717) is 6.10 Å². The zero-order valence-corrected chi connectivity index (χ0v) is 14.1. The Bertz CT molecular complexity index is 250. The van der Waals surface area contributed by atoms with E-state index in [2.05, 4.69) is 18.5 Å². The Labute approximate surface area is 131 Å². The predicted molar refractivity (Wildman–Crippen MR) is 91.5 cm³/mol. The van der Waals surface area contributed by atoms with Gasteiger partial charge in [-0.05, 0) is 64.6 Å². The summed E-state index contributed by atoms with van der Waals surface area (Å²) in [4.78, 5) is 2.33. The second-order valence-electron chi connectivity index (χ2n) is 6.57. The minimum atomic E-state index is 0.514. The minimum Gasteiger partial charge on any atom is -0.378 e. The summed E-state index contributed by atoms with van der Waals surface area (Å²) in [5.41, 5.74) is 5.72. The van der Waals surface area contributed by atoms with Crippen molar-refractivity contribution in [3.05, 3.63) is 12.7 Å². The Balaban J connectivity index is 1.84. The number of likely N-dealkylation sites (N-methyl/N-ethyl adjacent to an activating group) is 1. The fourth-order valence-corrected chi connectivity index (χ4v) is 3.11. The van der Waals surface area contributed by atoms with E-state index in [-0.39, 0.29) is 0 Å². The van der Waals surface area contributed by atoms with E-state index in [1.807, 2.05) is 6.08 Å². The molecule has 0 spiro atoms. The van der Waals surface area contributed by atoms with Gasteiger partial charge in [0.1, 0.15) is 0 Å². The molecule has 0 aliphatic heterocycles. The van der Waals surface area contributed by atoms with Crippen LogP contribution in [-0.2, 0) is 4.74 Å². The second-order valence-corrected chi connectivity index (χ2v) is 6.57. The topological polar surface area (TPSA) is 38.5 Å². The van der Waals surface area contributed by atoms with Crippen molar-refractivity contribution in [2.45, 2.75) is 63.9 Å². The van der Waals surface area contributed by atoms with Gasteiger partial charge in [0.2, 0.25) is 0 Å². The van der Waals surface area contributed by atoms with E-state index < -0.39 is 0 Å². The quantitative estimate of drug-likeness (QED) is 0.442. The van der Waals surface area contributed by atoms with Crippen molar-refractivity contribution >= 4 is 0 Å². The van der Waals surface area contributed by atoms with Crippen LogP contribution in [-0.4, -0.2) is 44.3 Å². The third-order valence-corrected chi connectivity index (χ3v) is 4.61. The van der Waals surface area contributed by atoms with Crippen LogP contribution in [0.25, 0.3) is 0 Å². The highest BCUT2D eigenvalue weighted by Crippen LogP contribution is 2.25. The molecule has 1 fully saturated rings. The molecule has 0 atom stereocenters. The number of hydrogen-bond acceptors (Lipinski definition) is 3. The summed E-state index contributed by atoms with van der Waals surface area (Å²) >= 11 is 0. The number of nitrogens with two attached hydrogens (primary N) is 1. The molecule has 0 saturated heterocycles. The second kappa shape index (κ2) is 12.2. The summed E-state index contributed by atoms with van der Waals surface area (Å²) in [5.74, 6) is 0.754. The molecule has 0 bridgehead atoms. The standard InChI is InChI=1S/C18H36N2O/c1-3-13-20(2)14-7-5-4-6-8-15-21-18-11-9-17(16-19)10-12-18/h3,17-18H,1,4-16,19H2,2H3/t17-,18-. The molecule has 0 amide bonds. The van der Waals surface area contributed by atoms with Crippen LogP contribution < -0.4 is 5.73 Å². The molecular formula is C18H36N2O. The molecule has 0 unspecified atom stereocenters. The van der Waals surface area contributed by atoms with Gasteiger partial charge in [-0.1, -0.05) is 25.3 Å². The first-order valence-corrected chi connectivity index (χ1v) is 8.87. The Hall–Kier alpha value is -0.380. The molecule has 3 heteroatoms. The Morgan fingerprint density at radius 2 is 1.76 bits per heavy atom. The lowest BCUT2D eigenvalue weighted by Gasteiger charge is -2.27. The van der Waals surface area contributed by atoms with Gasteiger partial charge >= 0.3 is 0 Å². The molecule has 0 heterocycles. The summed E-state index contributed by atoms with van der Waals surface area (Å²) in [6.07, 6.45) is 14.0. The van der Waals surface area contributed by atoms with Gasteiger partial charge in [-0.2, -0.15) is 0 Å². The third kappa shape index (κ3) is 9.28. The Morgan fingerprint density at radius 3 is 2.43 bits per heavy atom. The van der Waals surface area contributed by atoms with E-state index >= 15 is 0 Å². The van der Waals surface area contributed by atoms with Crippen LogP contribution >= 0.6 is 0 Å². The molecule has 0 radical (unpaired) electrons. The molecule has 1 rings (SSSR count). The van der Waals surface area contributed by atoms with Crippen LogP contribution in [0.3, 0.4) is 0 Å². The van der Waals surface area contributed by atoms with Crippen molar-refractivity contribution in [2.75, 3.05) is 33.3 Å². The summed E-state index contributed by atoms with van der Waals surface area (Å²) in [7, 11) is 2.16. The number of hydrogen-bond donors (Lipinski definition) is 1. The van der Waals surface area contributed by atoms with Gasteiger partial charge in [0, 0.05) is 13.2 Å². The van der Waals surface area contributed by atoms with Gasteiger partial charge in [-0.25, -0.2) is 0 Å². The van der Waals surface area contributed by atoms with E-state index in [1.165, 1.54) is 64.3 Å². The third-order valence-electron chi connectivity index (χ3n) is 4.61. The Morgan fingerprint density at radius 1 is 1.10 bits per heavy atom. The highest BCUT2D eigenvalue weighted by atomic mass is 16.5. The van der Waals surface area contributed by atoms with Crippen LogP contribution in [0.4, 0.5) is 0 Å². The van der Waals surface area contributed by atoms with Crippen LogP contribution in [0.15, 0.2) is 12.7 Å². The molecule has 21 heavy (non-hydrogen) atoms. The SMILES string of the molecule is C=CCN(C)CCCCCCCO[C@H]1CC[C@H](CN)CC1. The summed E-state index contributed by atoms with van der Waals surface area (Å²) in [6.45, 7) is 7.76. The molecule has 0 aromatic rings. The van der Waals surface area contributed by atoms with Crippen LogP contribution in [0, 0.1) is 5.92 Å². The summed E-state index contributed by atoms with van der Waals surface area (Å²) in [6, 6.07) is 0. The molecule has 3 nitrogen and oxygen atoms in total. The van der Waals surface area contributed by atoms with Gasteiger partial charge in [0.15, 0.2) is 0 Å². The van der Waals surface area contributed by atoms with Crippen LogP contribution in [0.2, 0.25) is 0 Å². The molecule has 0 aromatic carbocycles. The van der Waals surface area contributed by atoms with Crippen molar-refractivity contribution in [3.8, 4) is 0 Å². The van der Waals surface area contributed by atoms with E-state index in [0.717, 1.165) is 25.6 Å². The fourth-order valence-electron chi connectivity index (χ4n) is 3.11. The van der Waals surface area contributed by atoms with Crippen molar-refractivity contribution in [1.29, 1.82) is 0 Å².